The number of hydrogen-bond donors (Lipinski definition) is 1. The summed E-state index contributed by atoms with van der Waals surface area (Å²) in [7, 11) is 0. The molecule has 3 aromatic heterocycles. The highest BCUT2D eigenvalue weighted by molar-refractivity contribution is 5.82. The van der Waals surface area contributed by atoms with Crippen LogP contribution >= 0.6 is 0 Å². The number of nitrogens with one attached hydrogen (secondary N) is 1. The van der Waals surface area contributed by atoms with E-state index in [0.29, 0.717) is 5.56 Å². The van der Waals surface area contributed by atoms with Crippen molar-refractivity contribution in [2.45, 2.75) is 12.8 Å². The Balaban J connectivity index is 1.31. The highest BCUT2D eigenvalue weighted by Crippen LogP contribution is 2.29. The molecule has 0 saturated heterocycles. The molecule has 1 amide bonds. The monoisotopic (exact) mass is 442 g/mol. The van der Waals surface area contributed by atoms with Crippen molar-refractivity contribution < 1.29 is 27.2 Å². The van der Waals surface area contributed by atoms with Crippen LogP contribution in [0.25, 0.3) is 22.6 Å². The molecule has 0 aliphatic heterocycles. The Labute approximate surface area is 178 Å². The molecular formula is C20H13F3N6O3. The summed E-state index contributed by atoms with van der Waals surface area (Å²) >= 11 is 0. The molecule has 162 valence electrons. The van der Waals surface area contributed by atoms with Crippen molar-refractivity contribution in [2.75, 3.05) is 5.32 Å². The van der Waals surface area contributed by atoms with E-state index < -0.39 is 18.2 Å². The molecule has 0 spiro atoms. The van der Waals surface area contributed by atoms with E-state index >= 15 is 0 Å². The van der Waals surface area contributed by atoms with Gasteiger partial charge < -0.3 is 9.26 Å². The van der Waals surface area contributed by atoms with Crippen LogP contribution in [0.2, 0.25) is 0 Å². The quantitative estimate of drug-likeness (QED) is 0.485. The number of carbonyl (C=O) groups excluding carboxylic acids is 1. The van der Waals surface area contributed by atoms with E-state index in [1.165, 1.54) is 0 Å². The predicted octanol–water partition coefficient (Wildman–Crippen LogP) is 4.36. The fraction of sp³-hybridized carbons (Fsp3) is 0.100. The number of halogens is 3. The van der Waals surface area contributed by atoms with Gasteiger partial charge >= 0.3 is 18.2 Å². The van der Waals surface area contributed by atoms with Gasteiger partial charge in [-0.3, -0.25) is 10.3 Å². The van der Waals surface area contributed by atoms with Gasteiger partial charge in [-0.05, 0) is 6.07 Å². The Kier molecular flexibility index (Phi) is 5.75. The molecule has 0 unspecified atom stereocenters. The molecule has 32 heavy (non-hydrogen) atoms. The maximum atomic E-state index is 12.5. The number of ether oxygens (including phenoxy) is 1. The second-order valence-electron chi connectivity index (χ2n) is 6.34. The van der Waals surface area contributed by atoms with Crippen LogP contribution in [-0.4, -0.2) is 31.2 Å². The third-order valence-electron chi connectivity index (χ3n) is 4.06. The van der Waals surface area contributed by atoms with Gasteiger partial charge in [0.05, 0.1) is 11.3 Å². The van der Waals surface area contributed by atoms with Gasteiger partial charge in [-0.1, -0.05) is 41.6 Å². The first-order valence-corrected chi connectivity index (χ1v) is 9.06. The highest BCUT2D eigenvalue weighted by atomic mass is 19.4. The number of rotatable bonds is 5. The van der Waals surface area contributed by atoms with Gasteiger partial charge in [-0.25, -0.2) is 14.8 Å². The number of pyridine rings is 1. The Morgan fingerprint density at radius 1 is 0.969 bits per heavy atom. The number of anilines is 1. The topological polar surface area (TPSA) is 116 Å². The number of nitrogens with zero attached hydrogens (tertiary/aromatic N) is 5. The van der Waals surface area contributed by atoms with Crippen LogP contribution in [0.1, 0.15) is 11.5 Å². The molecule has 4 rings (SSSR count). The first-order valence-electron chi connectivity index (χ1n) is 9.06. The van der Waals surface area contributed by atoms with E-state index in [9.17, 15) is 18.0 Å². The van der Waals surface area contributed by atoms with E-state index in [1.54, 1.807) is 12.3 Å². The normalized spacial score (nSPS) is 11.2. The first kappa shape index (κ1) is 20.9. The van der Waals surface area contributed by atoms with E-state index in [0.717, 1.165) is 23.7 Å². The minimum atomic E-state index is -4.76. The van der Waals surface area contributed by atoms with E-state index in [2.05, 4.69) is 34.9 Å². The molecule has 1 aromatic carbocycles. The summed E-state index contributed by atoms with van der Waals surface area (Å²) in [4.78, 5) is 27.2. The van der Waals surface area contributed by atoms with E-state index in [1.807, 2.05) is 36.4 Å². The standard InChI is InChI=1S/C20H13F3N6O3/c21-20(22,23)17-27-16(29-32-17)14-9-25-18(26-10-14)28-19(30)31-11-12-6-7-15(24-8-12)13-4-2-1-3-5-13/h1-10H,11H2,(H,25,26,28,30). The zero-order valence-corrected chi connectivity index (χ0v) is 16.1. The number of benzene rings is 1. The summed E-state index contributed by atoms with van der Waals surface area (Å²) in [6.07, 6.45) is -1.70. The lowest BCUT2D eigenvalue weighted by Crippen LogP contribution is -2.15. The Hall–Kier alpha value is -4.35. The lowest BCUT2D eigenvalue weighted by Gasteiger charge is -2.07. The van der Waals surface area contributed by atoms with Crippen LogP contribution in [0, 0.1) is 0 Å². The number of hydrogen-bond acceptors (Lipinski definition) is 8. The third kappa shape index (κ3) is 5.03. The van der Waals surface area contributed by atoms with Gasteiger partial charge in [0.2, 0.25) is 11.8 Å². The zero-order chi connectivity index (χ0) is 22.6. The molecule has 12 heteroatoms. The van der Waals surface area contributed by atoms with Crippen molar-refractivity contribution in [3.05, 3.63) is 72.5 Å². The average molecular weight is 442 g/mol. The first-order chi connectivity index (χ1) is 15.4. The number of amides is 1. The lowest BCUT2D eigenvalue weighted by molar-refractivity contribution is -0.159. The average Bonchev–Trinajstić information content (AvgIpc) is 3.30. The molecule has 0 aliphatic rings. The van der Waals surface area contributed by atoms with Crippen LogP contribution in [0.3, 0.4) is 0 Å². The van der Waals surface area contributed by atoms with Crippen LogP contribution in [0.15, 0.2) is 65.6 Å². The SMILES string of the molecule is O=C(Nc1ncc(-c2noc(C(F)(F)F)n2)cn1)OCc1ccc(-c2ccccc2)nc1. The summed E-state index contributed by atoms with van der Waals surface area (Å²) in [6, 6.07) is 13.2. The Morgan fingerprint density at radius 2 is 1.72 bits per heavy atom. The van der Waals surface area contributed by atoms with Crippen LogP contribution in [-0.2, 0) is 17.5 Å². The van der Waals surface area contributed by atoms with Gasteiger partial charge in [0.25, 0.3) is 0 Å². The van der Waals surface area contributed by atoms with Crippen molar-refractivity contribution in [3.8, 4) is 22.6 Å². The van der Waals surface area contributed by atoms with Gasteiger partial charge in [0.1, 0.15) is 6.61 Å². The molecule has 0 aliphatic carbocycles. The predicted molar refractivity (Wildman–Crippen MR) is 104 cm³/mol. The summed E-state index contributed by atoms with van der Waals surface area (Å²) in [5, 5.41) is 5.54. The minimum Gasteiger partial charge on any atom is -0.444 e. The summed E-state index contributed by atoms with van der Waals surface area (Å²) in [5.41, 5.74) is 2.51. The van der Waals surface area contributed by atoms with E-state index in [-0.39, 0.29) is 23.9 Å². The second kappa shape index (κ2) is 8.79. The summed E-state index contributed by atoms with van der Waals surface area (Å²) < 4.78 is 46.8. The van der Waals surface area contributed by atoms with Gasteiger partial charge in [0, 0.05) is 29.7 Å². The van der Waals surface area contributed by atoms with Crippen molar-refractivity contribution >= 4 is 12.0 Å². The molecule has 9 nitrogen and oxygen atoms in total. The fourth-order valence-electron chi connectivity index (χ4n) is 2.53. The molecule has 0 radical (unpaired) electrons. The lowest BCUT2D eigenvalue weighted by atomic mass is 10.1. The molecule has 3 heterocycles. The summed E-state index contributed by atoms with van der Waals surface area (Å²) in [5.74, 6) is -1.93. The van der Waals surface area contributed by atoms with Gasteiger partial charge in [-0.2, -0.15) is 18.2 Å². The van der Waals surface area contributed by atoms with Gasteiger partial charge in [-0.15, -0.1) is 0 Å². The number of aromatic nitrogens is 5. The molecular weight excluding hydrogens is 429 g/mol. The molecule has 0 bridgehead atoms. The van der Waals surface area contributed by atoms with Crippen molar-refractivity contribution in [3.63, 3.8) is 0 Å². The largest absolute Gasteiger partial charge is 0.471 e. The van der Waals surface area contributed by atoms with Crippen molar-refractivity contribution in [1.29, 1.82) is 0 Å². The smallest absolute Gasteiger partial charge is 0.444 e. The van der Waals surface area contributed by atoms with Crippen molar-refractivity contribution in [2.24, 2.45) is 0 Å². The van der Waals surface area contributed by atoms with Crippen LogP contribution in [0.4, 0.5) is 23.9 Å². The fourth-order valence-corrected chi connectivity index (χ4v) is 2.53. The van der Waals surface area contributed by atoms with E-state index in [4.69, 9.17) is 4.74 Å². The molecule has 1 N–H and O–H groups in total. The highest BCUT2D eigenvalue weighted by Gasteiger charge is 2.38. The number of carbonyl (C=O) groups is 1. The van der Waals surface area contributed by atoms with Crippen LogP contribution < -0.4 is 5.32 Å². The van der Waals surface area contributed by atoms with Gasteiger partial charge in [0.15, 0.2) is 0 Å². The maximum Gasteiger partial charge on any atom is 0.471 e. The zero-order valence-electron chi connectivity index (χ0n) is 16.1. The molecule has 0 fully saturated rings. The minimum absolute atomic E-state index is 0.0327. The Bertz CT molecular complexity index is 1200. The summed E-state index contributed by atoms with van der Waals surface area (Å²) in [6.45, 7) is -0.0327. The molecule has 4 aromatic rings. The third-order valence-corrected chi connectivity index (χ3v) is 4.06. The molecule has 0 atom stereocenters. The molecule has 0 saturated carbocycles. The maximum absolute atomic E-state index is 12.5. The second-order valence-corrected chi connectivity index (χ2v) is 6.34. The Morgan fingerprint density at radius 3 is 2.34 bits per heavy atom. The van der Waals surface area contributed by atoms with Crippen molar-refractivity contribution in [1.82, 2.24) is 25.1 Å². The van der Waals surface area contributed by atoms with Crippen LogP contribution in [0.5, 0.6) is 0 Å². The number of alkyl halides is 3.